The molecule has 2 aromatic rings. The first-order chi connectivity index (χ1) is 13.0. The molecule has 0 saturated carbocycles. The SMILES string of the molecule is CN=C(NCc1oc2ccc(F)cc2c1C)N1CCC(CC(=O)NC)CC1.I. The summed E-state index contributed by atoms with van der Waals surface area (Å²) in [5, 5.41) is 6.84. The quantitative estimate of drug-likeness (QED) is 0.382. The summed E-state index contributed by atoms with van der Waals surface area (Å²) in [6.45, 7) is 4.17. The molecule has 1 saturated heterocycles. The number of rotatable bonds is 4. The fourth-order valence-corrected chi connectivity index (χ4v) is 3.62. The number of carbonyl (C=O) groups excluding carboxylic acids is 1. The smallest absolute Gasteiger partial charge is 0.220 e. The Kier molecular flexibility index (Phi) is 8.09. The Hall–Kier alpha value is -1.84. The van der Waals surface area contributed by atoms with Crippen LogP contribution >= 0.6 is 24.0 Å². The lowest BCUT2D eigenvalue weighted by Gasteiger charge is -2.34. The van der Waals surface area contributed by atoms with Crippen LogP contribution in [0.15, 0.2) is 27.6 Å². The largest absolute Gasteiger partial charge is 0.459 e. The Morgan fingerprint density at radius 3 is 2.71 bits per heavy atom. The van der Waals surface area contributed by atoms with E-state index in [1.807, 2.05) is 6.92 Å². The number of halogens is 2. The highest BCUT2D eigenvalue weighted by Gasteiger charge is 2.23. The van der Waals surface area contributed by atoms with E-state index in [9.17, 15) is 9.18 Å². The number of guanidine groups is 1. The molecule has 28 heavy (non-hydrogen) atoms. The van der Waals surface area contributed by atoms with Gasteiger partial charge in [-0.3, -0.25) is 9.79 Å². The van der Waals surface area contributed by atoms with Crippen molar-refractivity contribution in [3.63, 3.8) is 0 Å². The van der Waals surface area contributed by atoms with Crippen LogP contribution in [0.2, 0.25) is 0 Å². The van der Waals surface area contributed by atoms with Crippen molar-refractivity contribution >= 4 is 46.8 Å². The van der Waals surface area contributed by atoms with Crippen molar-refractivity contribution in [1.82, 2.24) is 15.5 Å². The zero-order valence-corrected chi connectivity index (χ0v) is 18.9. The highest BCUT2D eigenvalue weighted by atomic mass is 127. The lowest BCUT2D eigenvalue weighted by Crippen LogP contribution is -2.45. The maximum absolute atomic E-state index is 13.5. The number of aryl methyl sites for hydroxylation is 1. The number of fused-ring (bicyclic) bond motifs is 1. The van der Waals surface area contributed by atoms with E-state index in [2.05, 4.69) is 20.5 Å². The molecule has 1 amide bonds. The van der Waals surface area contributed by atoms with E-state index < -0.39 is 0 Å². The third-order valence-electron chi connectivity index (χ3n) is 5.28. The third-order valence-corrected chi connectivity index (χ3v) is 5.28. The van der Waals surface area contributed by atoms with Crippen LogP contribution in [-0.2, 0) is 11.3 Å². The molecular formula is C20H28FIN4O2. The standard InChI is InChI=1S/C20H27FN4O2.HI/c1-13-16-11-15(21)4-5-17(16)27-18(13)12-24-20(23-3)25-8-6-14(7-9-25)10-19(26)22-2;/h4-5,11,14H,6-10,12H2,1-3H3,(H,22,26)(H,23,24);1H. The molecule has 0 bridgehead atoms. The second-order valence-corrected chi connectivity index (χ2v) is 7.00. The minimum atomic E-state index is -0.263. The number of hydrogen-bond donors (Lipinski definition) is 2. The second-order valence-electron chi connectivity index (χ2n) is 7.00. The Morgan fingerprint density at radius 1 is 1.36 bits per heavy atom. The number of benzene rings is 1. The van der Waals surface area contributed by atoms with Crippen LogP contribution in [0.3, 0.4) is 0 Å². The van der Waals surface area contributed by atoms with E-state index in [-0.39, 0.29) is 35.7 Å². The maximum atomic E-state index is 13.5. The van der Waals surface area contributed by atoms with Gasteiger partial charge in [0.15, 0.2) is 5.96 Å². The lowest BCUT2D eigenvalue weighted by atomic mass is 9.93. The number of likely N-dealkylation sites (tertiary alicyclic amines) is 1. The second kappa shape index (κ2) is 10.1. The predicted octanol–water partition coefficient (Wildman–Crippen LogP) is 3.42. The molecule has 154 valence electrons. The Morgan fingerprint density at radius 2 is 2.07 bits per heavy atom. The van der Waals surface area contributed by atoms with Gasteiger partial charge in [0.2, 0.25) is 5.91 Å². The molecule has 1 fully saturated rings. The third kappa shape index (κ3) is 5.15. The van der Waals surface area contributed by atoms with Crippen molar-refractivity contribution in [2.24, 2.45) is 10.9 Å². The Bertz CT molecular complexity index is 844. The number of amides is 1. The molecule has 0 unspecified atom stereocenters. The van der Waals surface area contributed by atoms with Gasteiger partial charge in [-0.05, 0) is 43.9 Å². The van der Waals surface area contributed by atoms with Crippen LogP contribution in [0.1, 0.15) is 30.6 Å². The minimum Gasteiger partial charge on any atom is -0.459 e. The van der Waals surface area contributed by atoms with Gasteiger partial charge in [0.1, 0.15) is 17.2 Å². The summed E-state index contributed by atoms with van der Waals surface area (Å²) in [4.78, 5) is 18.1. The minimum absolute atomic E-state index is 0. The van der Waals surface area contributed by atoms with Crippen molar-refractivity contribution in [2.75, 3.05) is 27.2 Å². The van der Waals surface area contributed by atoms with Gasteiger partial charge in [0.25, 0.3) is 0 Å². The van der Waals surface area contributed by atoms with Crippen LogP contribution in [0.4, 0.5) is 4.39 Å². The molecule has 1 aliphatic rings. The van der Waals surface area contributed by atoms with Gasteiger partial charge in [0, 0.05) is 44.6 Å². The number of nitrogens with one attached hydrogen (secondary N) is 2. The summed E-state index contributed by atoms with van der Waals surface area (Å²) in [6.07, 6.45) is 2.53. The van der Waals surface area contributed by atoms with Crippen LogP contribution in [0.25, 0.3) is 11.0 Å². The molecule has 0 radical (unpaired) electrons. The molecule has 1 aromatic heterocycles. The summed E-state index contributed by atoms with van der Waals surface area (Å²) in [6, 6.07) is 4.57. The molecule has 1 aromatic carbocycles. The average Bonchev–Trinajstić information content (AvgIpc) is 2.99. The predicted molar refractivity (Wildman–Crippen MR) is 120 cm³/mol. The topological polar surface area (TPSA) is 69.9 Å². The van der Waals surface area contributed by atoms with Gasteiger partial charge in [0.05, 0.1) is 6.54 Å². The van der Waals surface area contributed by atoms with Gasteiger partial charge in [-0.25, -0.2) is 4.39 Å². The highest BCUT2D eigenvalue weighted by molar-refractivity contribution is 14.0. The van der Waals surface area contributed by atoms with Crippen LogP contribution < -0.4 is 10.6 Å². The Labute approximate surface area is 182 Å². The fourth-order valence-electron chi connectivity index (χ4n) is 3.62. The van der Waals surface area contributed by atoms with E-state index in [0.29, 0.717) is 24.5 Å². The monoisotopic (exact) mass is 502 g/mol. The summed E-state index contributed by atoms with van der Waals surface area (Å²) >= 11 is 0. The van der Waals surface area contributed by atoms with Crippen molar-refractivity contribution < 1.29 is 13.6 Å². The molecule has 0 aliphatic carbocycles. The molecule has 6 nitrogen and oxygen atoms in total. The van der Waals surface area contributed by atoms with Gasteiger partial charge in [-0.2, -0.15) is 0 Å². The normalized spacial score (nSPS) is 15.4. The first-order valence-corrected chi connectivity index (χ1v) is 9.35. The summed E-state index contributed by atoms with van der Waals surface area (Å²) in [5.74, 6) is 1.87. The van der Waals surface area contributed by atoms with Crippen LogP contribution in [0, 0.1) is 18.7 Å². The van der Waals surface area contributed by atoms with Crippen molar-refractivity contribution in [2.45, 2.75) is 32.7 Å². The summed E-state index contributed by atoms with van der Waals surface area (Å²) in [7, 11) is 3.44. The molecular weight excluding hydrogens is 474 g/mol. The van der Waals surface area contributed by atoms with Crippen molar-refractivity contribution in [3.8, 4) is 0 Å². The van der Waals surface area contributed by atoms with Crippen LogP contribution in [-0.4, -0.2) is 44.0 Å². The molecule has 2 heterocycles. The molecule has 2 N–H and O–H groups in total. The first kappa shape index (κ1) is 22.4. The Balaban J connectivity index is 0.00000280. The van der Waals surface area contributed by atoms with Gasteiger partial charge in [-0.15, -0.1) is 24.0 Å². The van der Waals surface area contributed by atoms with E-state index in [0.717, 1.165) is 48.6 Å². The molecule has 0 spiro atoms. The zero-order valence-electron chi connectivity index (χ0n) is 16.5. The molecule has 3 rings (SSSR count). The number of aliphatic imine (C=N–C) groups is 1. The van der Waals surface area contributed by atoms with Gasteiger partial charge >= 0.3 is 0 Å². The van der Waals surface area contributed by atoms with Gasteiger partial charge in [-0.1, -0.05) is 0 Å². The van der Waals surface area contributed by atoms with E-state index in [1.165, 1.54) is 12.1 Å². The molecule has 1 aliphatic heterocycles. The number of piperidine rings is 1. The maximum Gasteiger partial charge on any atom is 0.220 e. The van der Waals surface area contributed by atoms with E-state index in [1.54, 1.807) is 20.2 Å². The zero-order chi connectivity index (χ0) is 19.4. The van der Waals surface area contributed by atoms with Crippen LogP contribution in [0.5, 0.6) is 0 Å². The number of nitrogens with zero attached hydrogens (tertiary/aromatic N) is 2. The number of carbonyl (C=O) groups is 1. The van der Waals surface area contributed by atoms with E-state index in [4.69, 9.17) is 4.42 Å². The number of furan rings is 1. The number of hydrogen-bond acceptors (Lipinski definition) is 3. The van der Waals surface area contributed by atoms with Gasteiger partial charge < -0.3 is 20.0 Å². The van der Waals surface area contributed by atoms with E-state index >= 15 is 0 Å². The van der Waals surface area contributed by atoms with Crippen molar-refractivity contribution in [1.29, 1.82) is 0 Å². The first-order valence-electron chi connectivity index (χ1n) is 9.35. The fraction of sp³-hybridized carbons (Fsp3) is 0.500. The summed E-state index contributed by atoms with van der Waals surface area (Å²) in [5.41, 5.74) is 1.63. The lowest BCUT2D eigenvalue weighted by molar-refractivity contribution is -0.121. The van der Waals surface area contributed by atoms with Crippen molar-refractivity contribution in [3.05, 3.63) is 35.3 Å². The highest BCUT2D eigenvalue weighted by Crippen LogP contribution is 2.26. The average molecular weight is 502 g/mol. The molecule has 8 heteroatoms. The molecule has 0 atom stereocenters. The summed E-state index contributed by atoms with van der Waals surface area (Å²) < 4.78 is 19.3.